The highest BCUT2D eigenvalue weighted by Crippen LogP contribution is 2.36. The molecular weight excluding hydrogens is 178 g/mol. The Kier molecular flexibility index (Phi) is 3.34. The first-order valence-electron chi connectivity index (χ1n) is 4.98. The van der Waals surface area contributed by atoms with Gasteiger partial charge < -0.3 is 15.3 Å². The maximum atomic E-state index is 10.1. The van der Waals surface area contributed by atoms with Crippen LogP contribution in [-0.4, -0.2) is 11.7 Å². The molecule has 0 aliphatic rings. The van der Waals surface area contributed by atoms with Crippen LogP contribution in [0.25, 0.3) is 0 Å². The normalized spacial score (nSPS) is 17.8. The van der Waals surface area contributed by atoms with E-state index in [1.807, 2.05) is 32.9 Å². The molecule has 0 aromatic carbocycles. The van der Waals surface area contributed by atoms with Gasteiger partial charge in [0.25, 0.3) is 0 Å². The van der Waals surface area contributed by atoms with Crippen molar-refractivity contribution in [2.75, 3.05) is 6.54 Å². The lowest BCUT2D eigenvalue weighted by molar-refractivity contribution is 0.0214. The van der Waals surface area contributed by atoms with Crippen molar-refractivity contribution in [1.82, 2.24) is 0 Å². The summed E-state index contributed by atoms with van der Waals surface area (Å²) in [4.78, 5) is 0. The van der Waals surface area contributed by atoms with Gasteiger partial charge in [-0.1, -0.05) is 13.8 Å². The largest absolute Gasteiger partial charge is 0.464 e. The zero-order chi connectivity index (χ0) is 10.8. The highest BCUT2D eigenvalue weighted by Gasteiger charge is 2.32. The number of aliphatic hydroxyl groups excluding tert-OH is 1. The van der Waals surface area contributed by atoms with Gasteiger partial charge in [0.15, 0.2) is 0 Å². The molecule has 1 aromatic rings. The molecule has 80 valence electrons. The highest BCUT2D eigenvalue weighted by atomic mass is 16.4. The van der Waals surface area contributed by atoms with Gasteiger partial charge in [-0.25, -0.2) is 0 Å². The van der Waals surface area contributed by atoms with E-state index in [4.69, 9.17) is 10.2 Å². The van der Waals surface area contributed by atoms with Gasteiger partial charge >= 0.3 is 0 Å². The van der Waals surface area contributed by atoms with Crippen molar-refractivity contribution in [1.29, 1.82) is 0 Å². The van der Waals surface area contributed by atoms with Gasteiger partial charge in [-0.3, -0.25) is 0 Å². The lowest BCUT2D eigenvalue weighted by atomic mass is 9.80. The standard InChI is InChI=1S/C11H19NO2/c1-4-11(3,7-12)10(13)9-6-5-8(2)14-9/h5-6,10,13H,4,7,12H2,1-3H3. The van der Waals surface area contributed by atoms with Crippen LogP contribution in [0.15, 0.2) is 16.5 Å². The number of aryl methyl sites for hydroxylation is 1. The van der Waals surface area contributed by atoms with E-state index in [0.717, 1.165) is 12.2 Å². The van der Waals surface area contributed by atoms with Crippen molar-refractivity contribution >= 4 is 0 Å². The summed E-state index contributed by atoms with van der Waals surface area (Å²) < 4.78 is 5.39. The summed E-state index contributed by atoms with van der Waals surface area (Å²) in [5.74, 6) is 1.42. The molecule has 3 heteroatoms. The fourth-order valence-electron chi connectivity index (χ4n) is 1.39. The summed E-state index contributed by atoms with van der Waals surface area (Å²) in [6.07, 6.45) is 0.205. The Morgan fingerprint density at radius 3 is 2.57 bits per heavy atom. The molecule has 14 heavy (non-hydrogen) atoms. The molecule has 0 aliphatic carbocycles. The van der Waals surface area contributed by atoms with Crippen LogP contribution in [0.3, 0.4) is 0 Å². The molecule has 1 aromatic heterocycles. The minimum atomic E-state index is -0.619. The van der Waals surface area contributed by atoms with Crippen LogP contribution in [0, 0.1) is 12.3 Å². The third kappa shape index (κ3) is 1.99. The first kappa shape index (κ1) is 11.3. The lowest BCUT2D eigenvalue weighted by Crippen LogP contribution is -2.33. The molecule has 0 aliphatic heterocycles. The molecule has 1 rings (SSSR count). The molecule has 1 heterocycles. The van der Waals surface area contributed by atoms with E-state index in [1.54, 1.807) is 0 Å². The summed E-state index contributed by atoms with van der Waals surface area (Å²) >= 11 is 0. The summed E-state index contributed by atoms with van der Waals surface area (Å²) in [6.45, 7) is 6.30. The van der Waals surface area contributed by atoms with Crippen molar-refractivity contribution in [3.63, 3.8) is 0 Å². The van der Waals surface area contributed by atoms with Crippen LogP contribution < -0.4 is 5.73 Å². The second-order valence-electron chi connectivity index (χ2n) is 4.06. The third-order valence-electron chi connectivity index (χ3n) is 2.96. The van der Waals surface area contributed by atoms with Gasteiger partial charge in [-0.05, 0) is 25.5 Å². The molecule has 2 atom stereocenters. The first-order valence-corrected chi connectivity index (χ1v) is 4.98. The molecular formula is C11H19NO2. The van der Waals surface area contributed by atoms with Gasteiger partial charge in [0.05, 0.1) is 0 Å². The monoisotopic (exact) mass is 197 g/mol. The fraction of sp³-hybridized carbons (Fsp3) is 0.636. The molecule has 0 radical (unpaired) electrons. The molecule has 0 spiro atoms. The van der Waals surface area contributed by atoms with Crippen LogP contribution in [-0.2, 0) is 0 Å². The minimum Gasteiger partial charge on any atom is -0.464 e. The van der Waals surface area contributed by atoms with Crippen molar-refractivity contribution in [2.45, 2.75) is 33.3 Å². The van der Waals surface area contributed by atoms with Crippen molar-refractivity contribution in [2.24, 2.45) is 11.1 Å². The number of hydrogen-bond donors (Lipinski definition) is 2. The molecule has 0 saturated heterocycles. The summed E-state index contributed by atoms with van der Waals surface area (Å²) in [6, 6.07) is 3.66. The van der Waals surface area contributed by atoms with E-state index in [1.165, 1.54) is 0 Å². The van der Waals surface area contributed by atoms with Crippen LogP contribution >= 0.6 is 0 Å². The van der Waals surface area contributed by atoms with Gasteiger partial charge in [0, 0.05) is 12.0 Å². The number of nitrogens with two attached hydrogens (primary N) is 1. The molecule has 0 amide bonds. The van der Waals surface area contributed by atoms with E-state index >= 15 is 0 Å². The predicted octanol–water partition coefficient (Wildman–Crippen LogP) is 2.00. The second kappa shape index (κ2) is 4.15. The molecule has 0 bridgehead atoms. The quantitative estimate of drug-likeness (QED) is 0.776. The van der Waals surface area contributed by atoms with Crippen LogP contribution in [0.1, 0.15) is 37.9 Å². The Morgan fingerprint density at radius 2 is 2.21 bits per heavy atom. The topological polar surface area (TPSA) is 59.4 Å². The molecule has 2 unspecified atom stereocenters. The summed E-state index contributed by atoms with van der Waals surface area (Å²) in [5, 5.41) is 10.1. The second-order valence-corrected chi connectivity index (χ2v) is 4.06. The third-order valence-corrected chi connectivity index (χ3v) is 2.96. The number of furan rings is 1. The van der Waals surface area contributed by atoms with Crippen LogP contribution in [0.2, 0.25) is 0 Å². The smallest absolute Gasteiger partial charge is 0.133 e. The molecule has 0 saturated carbocycles. The van der Waals surface area contributed by atoms with E-state index in [0.29, 0.717) is 12.3 Å². The number of aliphatic hydroxyl groups is 1. The van der Waals surface area contributed by atoms with Gasteiger partial charge in [0.2, 0.25) is 0 Å². The lowest BCUT2D eigenvalue weighted by Gasteiger charge is -2.30. The average molecular weight is 197 g/mol. The van der Waals surface area contributed by atoms with E-state index in [9.17, 15) is 5.11 Å². The van der Waals surface area contributed by atoms with Gasteiger partial charge in [-0.15, -0.1) is 0 Å². The Morgan fingerprint density at radius 1 is 1.57 bits per heavy atom. The van der Waals surface area contributed by atoms with Gasteiger partial charge in [-0.2, -0.15) is 0 Å². The SMILES string of the molecule is CCC(C)(CN)C(O)c1ccc(C)o1. The van der Waals surface area contributed by atoms with Crippen molar-refractivity contribution in [3.05, 3.63) is 23.7 Å². The maximum absolute atomic E-state index is 10.1. The molecule has 0 fully saturated rings. The highest BCUT2D eigenvalue weighted by molar-refractivity contribution is 5.10. The Bertz CT molecular complexity index is 289. The Balaban J connectivity index is 2.88. The Hall–Kier alpha value is -0.800. The predicted molar refractivity (Wildman–Crippen MR) is 55.9 cm³/mol. The van der Waals surface area contributed by atoms with Gasteiger partial charge in [0.1, 0.15) is 17.6 Å². The van der Waals surface area contributed by atoms with Crippen molar-refractivity contribution in [3.8, 4) is 0 Å². The zero-order valence-electron chi connectivity index (χ0n) is 9.08. The van der Waals surface area contributed by atoms with E-state index < -0.39 is 6.10 Å². The Labute approximate surface area is 84.9 Å². The van der Waals surface area contributed by atoms with Crippen molar-refractivity contribution < 1.29 is 9.52 Å². The number of hydrogen-bond acceptors (Lipinski definition) is 3. The molecule has 3 nitrogen and oxygen atoms in total. The first-order chi connectivity index (χ1) is 6.53. The zero-order valence-corrected chi connectivity index (χ0v) is 9.08. The maximum Gasteiger partial charge on any atom is 0.133 e. The minimum absolute atomic E-state index is 0.301. The van der Waals surface area contributed by atoms with E-state index in [-0.39, 0.29) is 5.41 Å². The van der Waals surface area contributed by atoms with Crippen LogP contribution in [0.4, 0.5) is 0 Å². The summed E-state index contributed by atoms with van der Waals surface area (Å²) in [7, 11) is 0. The number of rotatable bonds is 4. The van der Waals surface area contributed by atoms with Crippen LogP contribution in [0.5, 0.6) is 0 Å². The average Bonchev–Trinajstić information content (AvgIpc) is 2.62. The fourth-order valence-corrected chi connectivity index (χ4v) is 1.39. The molecule has 3 N–H and O–H groups in total. The van der Waals surface area contributed by atoms with E-state index in [2.05, 4.69) is 0 Å². The summed E-state index contributed by atoms with van der Waals surface area (Å²) in [5.41, 5.74) is 5.36.